The summed E-state index contributed by atoms with van der Waals surface area (Å²) in [5.41, 5.74) is 0.815. The molecule has 0 aliphatic carbocycles. The molecule has 1 amide bonds. The Morgan fingerprint density at radius 2 is 2.33 bits per heavy atom. The van der Waals surface area contributed by atoms with Crippen LogP contribution < -0.4 is 10.9 Å². The van der Waals surface area contributed by atoms with Crippen molar-refractivity contribution >= 4 is 17.0 Å². The molecule has 0 spiro atoms. The molecule has 2 heterocycles. The summed E-state index contributed by atoms with van der Waals surface area (Å²) in [7, 11) is 0. The highest BCUT2D eigenvalue weighted by Gasteiger charge is 2.21. The van der Waals surface area contributed by atoms with Crippen LogP contribution in [0.5, 0.6) is 0 Å². The summed E-state index contributed by atoms with van der Waals surface area (Å²) in [5.74, 6) is 0.00108. The van der Waals surface area contributed by atoms with Crippen molar-refractivity contribution in [2.24, 2.45) is 0 Å². The zero-order chi connectivity index (χ0) is 13.3. The molecule has 2 aromatic rings. The van der Waals surface area contributed by atoms with E-state index < -0.39 is 5.56 Å². The van der Waals surface area contributed by atoms with Crippen molar-refractivity contribution in [3.63, 3.8) is 0 Å². The number of aromatic amines is 1. The normalized spacial score (nSPS) is 10.6. The maximum Gasteiger partial charge on any atom is 0.262 e. The van der Waals surface area contributed by atoms with Crippen LogP contribution in [0.25, 0.3) is 11.1 Å². The van der Waals surface area contributed by atoms with Gasteiger partial charge in [-0.05, 0) is 13.8 Å². The molecule has 0 aliphatic rings. The molecule has 2 N–H and O–H groups in total. The third kappa shape index (κ3) is 2.04. The molecule has 94 valence electrons. The first-order valence-corrected chi connectivity index (χ1v) is 5.40. The highest BCUT2D eigenvalue weighted by Crippen LogP contribution is 2.20. The molecule has 0 saturated heterocycles. The number of H-pyrrole nitrogens is 1. The van der Waals surface area contributed by atoms with Gasteiger partial charge in [0.15, 0.2) is 0 Å². The number of fused-ring (bicyclic) bond motifs is 1. The van der Waals surface area contributed by atoms with E-state index in [1.807, 2.05) is 0 Å². The van der Waals surface area contributed by atoms with Gasteiger partial charge in [0.05, 0.1) is 11.9 Å². The maximum absolute atomic E-state index is 12.0. The van der Waals surface area contributed by atoms with Crippen LogP contribution >= 0.6 is 0 Å². The second-order valence-electron chi connectivity index (χ2n) is 4.08. The minimum Gasteiger partial charge on any atom is -0.442 e. The first-order chi connectivity index (χ1) is 8.50. The average molecular weight is 247 g/mol. The number of nitrogens with zero attached hydrogens (tertiary/aromatic N) is 1. The Labute approximate surface area is 103 Å². The number of rotatable bonds is 3. The Bertz CT molecular complexity index is 681. The van der Waals surface area contributed by atoms with Gasteiger partial charge in [-0.15, -0.1) is 0 Å². The van der Waals surface area contributed by atoms with E-state index in [1.54, 1.807) is 13.8 Å². The summed E-state index contributed by atoms with van der Waals surface area (Å²) < 4.78 is 5.29. The summed E-state index contributed by atoms with van der Waals surface area (Å²) in [4.78, 5) is 30.0. The first kappa shape index (κ1) is 12.1. The number of nitrogens with one attached hydrogen (secondary N) is 2. The summed E-state index contributed by atoms with van der Waals surface area (Å²) >= 11 is 0. The van der Waals surface area contributed by atoms with Gasteiger partial charge in [-0.3, -0.25) is 9.59 Å². The topological polar surface area (TPSA) is 88.0 Å². The van der Waals surface area contributed by atoms with Gasteiger partial charge in [0.1, 0.15) is 11.1 Å². The van der Waals surface area contributed by atoms with E-state index in [4.69, 9.17) is 4.42 Å². The summed E-state index contributed by atoms with van der Waals surface area (Å²) in [6, 6.07) is 0. The molecule has 0 aliphatic heterocycles. The molecule has 0 saturated carbocycles. The van der Waals surface area contributed by atoms with Gasteiger partial charge in [0.25, 0.3) is 11.5 Å². The molecule has 0 radical (unpaired) electrons. The van der Waals surface area contributed by atoms with Crippen LogP contribution in [0.4, 0.5) is 0 Å². The number of carbonyl (C=O) groups is 1. The van der Waals surface area contributed by atoms with E-state index in [-0.39, 0.29) is 22.6 Å². The fourth-order valence-electron chi connectivity index (χ4n) is 1.65. The maximum atomic E-state index is 12.0. The van der Waals surface area contributed by atoms with Gasteiger partial charge in [-0.1, -0.05) is 12.2 Å². The Morgan fingerprint density at radius 1 is 1.61 bits per heavy atom. The van der Waals surface area contributed by atoms with Crippen LogP contribution in [-0.2, 0) is 0 Å². The predicted molar refractivity (Wildman–Crippen MR) is 66.5 cm³/mol. The van der Waals surface area contributed by atoms with E-state index in [9.17, 15) is 9.59 Å². The van der Waals surface area contributed by atoms with Crippen LogP contribution in [0.2, 0.25) is 0 Å². The van der Waals surface area contributed by atoms with Crippen molar-refractivity contribution in [1.82, 2.24) is 15.3 Å². The molecule has 0 bridgehead atoms. The van der Waals surface area contributed by atoms with E-state index in [1.165, 1.54) is 6.33 Å². The van der Waals surface area contributed by atoms with Crippen LogP contribution in [0.15, 0.2) is 27.7 Å². The molecular weight excluding hydrogens is 234 g/mol. The number of aromatic nitrogens is 2. The van der Waals surface area contributed by atoms with Crippen molar-refractivity contribution < 1.29 is 9.21 Å². The SMILES string of the molecule is C=C(C)CNC(=O)c1c(C)oc2nc[nH]c(=O)c12. The van der Waals surface area contributed by atoms with Crippen LogP contribution in [-0.4, -0.2) is 22.4 Å². The molecule has 2 aromatic heterocycles. The Kier molecular flexibility index (Phi) is 3.01. The molecule has 0 unspecified atom stereocenters. The van der Waals surface area contributed by atoms with E-state index in [0.29, 0.717) is 12.3 Å². The van der Waals surface area contributed by atoms with Gasteiger partial charge < -0.3 is 14.7 Å². The van der Waals surface area contributed by atoms with E-state index in [0.717, 1.165) is 5.57 Å². The number of hydrogen-bond donors (Lipinski definition) is 2. The Balaban J connectivity index is 2.50. The lowest BCUT2D eigenvalue weighted by Crippen LogP contribution is -2.26. The van der Waals surface area contributed by atoms with Crippen LogP contribution in [0.3, 0.4) is 0 Å². The standard InChI is InChI=1S/C12H13N3O3/c1-6(2)4-13-10(16)8-7(3)18-12-9(8)11(17)14-5-15-12/h5H,1,4H2,2-3H3,(H,13,16)(H,14,15,17). The summed E-state index contributed by atoms with van der Waals surface area (Å²) in [6.45, 7) is 7.47. The molecular formula is C12H13N3O3. The molecule has 18 heavy (non-hydrogen) atoms. The minimum atomic E-state index is -0.391. The molecule has 0 aromatic carbocycles. The number of furan rings is 1. The third-order valence-electron chi connectivity index (χ3n) is 2.45. The van der Waals surface area contributed by atoms with Crippen molar-refractivity contribution in [3.05, 3.63) is 40.2 Å². The molecule has 6 heteroatoms. The highest BCUT2D eigenvalue weighted by molar-refractivity contribution is 6.06. The zero-order valence-electron chi connectivity index (χ0n) is 10.2. The highest BCUT2D eigenvalue weighted by atomic mass is 16.3. The largest absolute Gasteiger partial charge is 0.442 e. The quantitative estimate of drug-likeness (QED) is 0.796. The average Bonchev–Trinajstić information content (AvgIpc) is 2.63. The molecule has 6 nitrogen and oxygen atoms in total. The third-order valence-corrected chi connectivity index (χ3v) is 2.45. The van der Waals surface area contributed by atoms with Gasteiger partial charge in [0, 0.05) is 6.54 Å². The number of hydrogen-bond acceptors (Lipinski definition) is 4. The van der Waals surface area contributed by atoms with Gasteiger partial charge in [-0.25, -0.2) is 4.98 Å². The van der Waals surface area contributed by atoms with Gasteiger partial charge >= 0.3 is 0 Å². The fraction of sp³-hybridized carbons (Fsp3) is 0.250. The Hall–Kier alpha value is -2.37. The summed E-state index contributed by atoms with van der Waals surface area (Å²) in [6.07, 6.45) is 1.24. The van der Waals surface area contributed by atoms with Crippen LogP contribution in [0, 0.1) is 6.92 Å². The zero-order valence-corrected chi connectivity index (χ0v) is 10.2. The number of aryl methyl sites for hydroxylation is 1. The van der Waals surface area contributed by atoms with Gasteiger partial charge in [-0.2, -0.15) is 0 Å². The lowest BCUT2D eigenvalue weighted by Gasteiger charge is -2.03. The molecule has 0 fully saturated rings. The predicted octanol–water partition coefficient (Wildman–Crippen LogP) is 1.13. The lowest BCUT2D eigenvalue weighted by molar-refractivity contribution is 0.0957. The lowest BCUT2D eigenvalue weighted by atomic mass is 10.1. The first-order valence-electron chi connectivity index (χ1n) is 5.40. The second kappa shape index (κ2) is 4.48. The number of amides is 1. The molecule has 0 atom stereocenters. The van der Waals surface area contributed by atoms with Crippen molar-refractivity contribution in [2.75, 3.05) is 6.54 Å². The van der Waals surface area contributed by atoms with E-state index >= 15 is 0 Å². The Morgan fingerprint density at radius 3 is 3.00 bits per heavy atom. The minimum absolute atomic E-state index is 0.164. The van der Waals surface area contributed by atoms with Crippen LogP contribution in [0.1, 0.15) is 23.0 Å². The van der Waals surface area contributed by atoms with E-state index in [2.05, 4.69) is 21.9 Å². The monoisotopic (exact) mass is 247 g/mol. The fourth-order valence-corrected chi connectivity index (χ4v) is 1.65. The van der Waals surface area contributed by atoms with Crippen molar-refractivity contribution in [2.45, 2.75) is 13.8 Å². The second-order valence-corrected chi connectivity index (χ2v) is 4.08. The number of carbonyl (C=O) groups excluding carboxylic acids is 1. The smallest absolute Gasteiger partial charge is 0.262 e. The molecule has 2 rings (SSSR count). The summed E-state index contributed by atoms with van der Waals surface area (Å²) in [5, 5.41) is 2.84. The van der Waals surface area contributed by atoms with Gasteiger partial charge in [0.2, 0.25) is 5.71 Å². The van der Waals surface area contributed by atoms with Crippen molar-refractivity contribution in [1.29, 1.82) is 0 Å². The van der Waals surface area contributed by atoms with Crippen molar-refractivity contribution in [3.8, 4) is 0 Å².